The summed E-state index contributed by atoms with van der Waals surface area (Å²) in [7, 11) is 0. The highest BCUT2D eigenvalue weighted by Gasteiger charge is 2.15. The fraction of sp³-hybridized carbons (Fsp3) is 0.0952. The predicted molar refractivity (Wildman–Crippen MR) is 101 cm³/mol. The van der Waals surface area contributed by atoms with Gasteiger partial charge in [0, 0.05) is 11.8 Å². The molecule has 27 heavy (non-hydrogen) atoms. The van der Waals surface area contributed by atoms with Gasteiger partial charge in [-0.15, -0.1) is 0 Å². The minimum atomic E-state index is -0.595. The molecule has 1 N–H and O–H groups in total. The van der Waals surface area contributed by atoms with Gasteiger partial charge in [0.2, 0.25) is 0 Å². The minimum Gasteiger partial charge on any atom is -0.321 e. The smallest absolute Gasteiger partial charge is 0.263 e. The van der Waals surface area contributed by atoms with E-state index in [4.69, 9.17) is 0 Å². The highest BCUT2D eigenvalue weighted by Crippen LogP contribution is 2.16. The van der Waals surface area contributed by atoms with Crippen LogP contribution in [0.3, 0.4) is 0 Å². The summed E-state index contributed by atoms with van der Waals surface area (Å²) < 4.78 is 14.4. The van der Waals surface area contributed by atoms with Crippen LogP contribution in [0.5, 0.6) is 0 Å². The fourth-order valence-corrected chi connectivity index (χ4v) is 2.71. The van der Waals surface area contributed by atoms with E-state index < -0.39 is 11.5 Å². The van der Waals surface area contributed by atoms with Gasteiger partial charge in [-0.3, -0.25) is 14.4 Å². The van der Waals surface area contributed by atoms with E-state index in [1.807, 2.05) is 0 Å². The van der Waals surface area contributed by atoms with Crippen LogP contribution < -0.4 is 10.9 Å². The van der Waals surface area contributed by atoms with E-state index in [-0.39, 0.29) is 23.7 Å². The van der Waals surface area contributed by atoms with Crippen molar-refractivity contribution in [3.05, 3.63) is 99.7 Å². The second-order valence-electron chi connectivity index (χ2n) is 6.04. The van der Waals surface area contributed by atoms with Crippen LogP contribution in [-0.4, -0.2) is 16.3 Å². The predicted octanol–water partition coefficient (Wildman–Crippen LogP) is 3.49. The lowest BCUT2D eigenvalue weighted by atomic mass is 10.1. The van der Waals surface area contributed by atoms with Crippen LogP contribution in [-0.2, 0) is 6.54 Å². The maximum atomic E-state index is 13.0. The van der Waals surface area contributed by atoms with Gasteiger partial charge >= 0.3 is 0 Å². The third kappa shape index (κ3) is 4.17. The second-order valence-corrected chi connectivity index (χ2v) is 6.04. The number of carbonyl (C=O) groups is 2. The summed E-state index contributed by atoms with van der Waals surface area (Å²) >= 11 is 0. The van der Waals surface area contributed by atoms with Crippen molar-refractivity contribution in [3.8, 4) is 0 Å². The molecule has 0 saturated heterocycles. The Morgan fingerprint density at radius 2 is 1.63 bits per heavy atom. The topological polar surface area (TPSA) is 68.2 Å². The molecular weight excluding hydrogens is 347 g/mol. The Balaban J connectivity index is 1.87. The van der Waals surface area contributed by atoms with E-state index in [1.165, 1.54) is 29.7 Å². The van der Waals surface area contributed by atoms with Gasteiger partial charge in [0.05, 0.1) is 12.2 Å². The molecule has 1 heterocycles. The number of hydrogen-bond donors (Lipinski definition) is 1. The molecule has 3 aromatic rings. The van der Waals surface area contributed by atoms with Crippen LogP contribution in [0.1, 0.15) is 33.2 Å². The van der Waals surface area contributed by atoms with Crippen LogP contribution in [0, 0.1) is 5.82 Å². The van der Waals surface area contributed by atoms with Crippen molar-refractivity contribution in [3.63, 3.8) is 0 Å². The molecule has 1 amide bonds. The quantitative estimate of drug-likeness (QED) is 0.705. The van der Waals surface area contributed by atoms with Gasteiger partial charge in [-0.2, -0.15) is 0 Å². The highest BCUT2D eigenvalue weighted by molar-refractivity contribution is 6.08. The maximum absolute atomic E-state index is 13.0. The third-order valence-electron chi connectivity index (χ3n) is 4.09. The standard InChI is InChI=1S/C21H17FN2O3/c1-14(25)17-5-2-3-7-19(17)23-20(26)18-6-4-12-24(21(18)27)13-15-8-10-16(22)11-9-15/h2-12H,13H2,1H3,(H,23,26). The average molecular weight is 364 g/mol. The molecule has 0 radical (unpaired) electrons. The van der Waals surface area contributed by atoms with Gasteiger partial charge in [-0.05, 0) is 48.9 Å². The van der Waals surface area contributed by atoms with Gasteiger partial charge in [-0.25, -0.2) is 4.39 Å². The highest BCUT2D eigenvalue weighted by atomic mass is 19.1. The Hall–Kier alpha value is -3.54. The molecule has 3 rings (SSSR count). The number of hydrogen-bond acceptors (Lipinski definition) is 3. The maximum Gasteiger partial charge on any atom is 0.263 e. The van der Waals surface area contributed by atoms with Gasteiger partial charge < -0.3 is 9.88 Å². The summed E-state index contributed by atoms with van der Waals surface area (Å²) in [5, 5.41) is 2.62. The Morgan fingerprint density at radius 1 is 0.963 bits per heavy atom. The summed E-state index contributed by atoms with van der Waals surface area (Å²) in [6, 6.07) is 15.4. The number of amides is 1. The number of Topliss-reactive ketones (excluding diaryl/α,β-unsaturated/α-hetero) is 1. The largest absolute Gasteiger partial charge is 0.321 e. The first-order valence-corrected chi connectivity index (χ1v) is 8.31. The number of nitrogens with zero attached hydrogens (tertiary/aromatic N) is 1. The Kier molecular flexibility index (Phi) is 5.26. The number of ketones is 1. The van der Waals surface area contributed by atoms with Crippen molar-refractivity contribution in [1.82, 2.24) is 4.57 Å². The van der Waals surface area contributed by atoms with Crippen LogP contribution in [0.15, 0.2) is 71.7 Å². The SMILES string of the molecule is CC(=O)c1ccccc1NC(=O)c1cccn(Cc2ccc(F)cc2)c1=O. The molecule has 136 valence electrons. The van der Waals surface area contributed by atoms with E-state index in [0.29, 0.717) is 11.3 Å². The number of carbonyl (C=O) groups excluding carboxylic acids is 2. The lowest BCUT2D eigenvalue weighted by molar-refractivity contribution is 0.101. The normalized spacial score (nSPS) is 10.4. The Labute approximate surface area is 155 Å². The molecule has 0 fully saturated rings. The molecule has 5 nitrogen and oxygen atoms in total. The molecule has 0 bridgehead atoms. The molecule has 2 aromatic carbocycles. The average Bonchev–Trinajstić information content (AvgIpc) is 2.65. The van der Waals surface area contributed by atoms with E-state index in [2.05, 4.69) is 5.32 Å². The number of pyridine rings is 1. The first-order valence-electron chi connectivity index (χ1n) is 8.31. The molecular formula is C21H17FN2O3. The number of anilines is 1. The van der Waals surface area contributed by atoms with Crippen molar-refractivity contribution in [2.45, 2.75) is 13.5 Å². The molecule has 1 aromatic heterocycles. The van der Waals surface area contributed by atoms with E-state index in [0.717, 1.165) is 5.56 Å². The summed E-state index contributed by atoms with van der Waals surface area (Å²) in [5.41, 5.74) is 0.937. The van der Waals surface area contributed by atoms with Crippen LogP contribution >= 0.6 is 0 Å². The summed E-state index contributed by atoms with van der Waals surface area (Å²) in [6.45, 7) is 1.62. The second kappa shape index (κ2) is 7.78. The van der Waals surface area contributed by atoms with Crippen LogP contribution in [0.2, 0.25) is 0 Å². The molecule has 0 atom stereocenters. The number of benzene rings is 2. The first-order chi connectivity index (χ1) is 13.0. The van der Waals surface area contributed by atoms with E-state index in [1.54, 1.807) is 48.7 Å². The summed E-state index contributed by atoms with van der Waals surface area (Å²) in [5.74, 6) is -1.14. The fourth-order valence-electron chi connectivity index (χ4n) is 2.71. The molecule has 0 spiro atoms. The van der Waals surface area contributed by atoms with Crippen molar-refractivity contribution in [1.29, 1.82) is 0 Å². The van der Waals surface area contributed by atoms with E-state index >= 15 is 0 Å². The molecule has 0 unspecified atom stereocenters. The minimum absolute atomic E-state index is 0.0435. The lowest BCUT2D eigenvalue weighted by Crippen LogP contribution is -2.29. The van der Waals surface area contributed by atoms with E-state index in [9.17, 15) is 18.8 Å². The van der Waals surface area contributed by atoms with Gasteiger partial charge in [0.1, 0.15) is 11.4 Å². The number of aromatic nitrogens is 1. The van der Waals surface area contributed by atoms with Crippen LogP contribution in [0.4, 0.5) is 10.1 Å². The zero-order chi connectivity index (χ0) is 19.4. The monoisotopic (exact) mass is 364 g/mol. The van der Waals surface area contributed by atoms with Gasteiger partial charge in [0.15, 0.2) is 5.78 Å². The molecule has 0 saturated carbocycles. The van der Waals surface area contributed by atoms with Gasteiger partial charge in [0.25, 0.3) is 11.5 Å². The Morgan fingerprint density at radius 3 is 2.33 bits per heavy atom. The first kappa shape index (κ1) is 18.3. The van der Waals surface area contributed by atoms with Crippen molar-refractivity contribution in [2.24, 2.45) is 0 Å². The third-order valence-corrected chi connectivity index (χ3v) is 4.09. The zero-order valence-corrected chi connectivity index (χ0v) is 14.6. The zero-order valence-electron chi connectivity index (χ0n) is 14.6. The molecule has 0 aliphatic heterocycles. The molecule has 0 aliphatic carbocycles. The van der Waals surface area contributed by atoms with Crippen LogP contribution in [0.25, 0.3) is 0 Å². The van der Waals surface area contributed by atoms with Gasteiger partial charge in [-0.1, -0.05) is 24.3 Å². The number of nitrogens with one attached hydrogen (secondary N) is 1. The Bertz CT molecular complexity index is 1060. The van der Waals surface area contributed by atoms with Crippen molar-refractivity contribution < 1.29 is 14.0 Å². The summed E-state index contributed by atoms with van der Waals surface area (Å²) in [6.07, 6.45) is 1.56. The van der Waals surface area contributed by atoms with Crippen molar-refractivity contribution >= 4 is 17.4 Å². The number of para-hydroxylation sites is 1. The number of rotatable bonds is 5. The molecule has 6 heteroatoms. The number of halogens is 1. The molecule has 0 aliphatic rings. The lowest BCUT2D eigenvalue weighted by Gasteiger charge is -2.11. The summed E-state index contributed by atoms with van der Waals surface area (Å²) in [4.78, 5) is 36.9. The van der Waals surface area contributed by atoms with Crippen molar-refractivity contribution in [2.75, 3.05) is 5.32 Å².